The van der Waals surface area contributed by atoms with Gasteiger partial charge in [-0.05, 0) is 74.1 Å². The van der Waals surface area contributed by atoms with E-state index in [4.69, 9.17) is 9.47 Å². The molecule has 0 bridgehead atoms. The second-order valence-corrected chi connectivity index (χ2v) is 9.80. The van der Waals surface area contributed by atoms with E-state index in [1.54, 1.807) is 4.68 Å². The zero-order valence-electron chi connectivity index (χ0n) is 19.8. The third-order valence-corrected chi connectivity index (χ3v) is 5.73. The van der Waals surface area contributed by atoms with Crippen molar-refractivity contribution in [2.75, 3.05) is 6.54 Å². The molecule has 170 valence electrons. The Morgan fingerprint density at radius 1 is 1.19 bits per heavy atom. The van der Waals surface area contributed by atoms with Crippen LogP contribution in [0.3, 0.4) is 0 Å². The van der Waals surface area contributed by atoms with Gasteiger partial charge in [-0.25, -0.2) is 9.48 Å². The first-order valence-electron chi connectivity index (χ1n) is 11.2. The number of hydrogen-bond acceptors (Lipinski definition) is 5. The van der Waals surface area contributed by atoms with Gasteiger partial charge in [0.1, 0.15) is 23.5 Å². The molecule has 0 spiro atoms. The monoisotopic (exact) mass is 436 g/mol. The minimum atomic E-state index is -0.509. The van der Waals surface area contributed by atoms with E-state index >= 15 is 0 Å². The molecule has 4 rings (SSSR count). The van der Waals surface area contributed by atoms with Crippen LogP contribution in [-0.2, 0) is 24.8 Å². The molecule has 0 aliphatic carbocycles. The lowest BCUT2D eigenvalue weighted by Gasteiger charge is -2.40. The van der Waals surface area contributed by atoms with Gasteiger partial charge in [0, 0.05) is 13.6 Å². The molecule has 3 aromatic rings. The van der Waals surface area contributed by atoms with Crippen LogP contribution in [0, 0.1) is 5.92 Å². The number of rotatable bonds is 4. The van der Waals surface area contributed by atoms with Crippen LogP contribution in [0.1, 0.15) is 57.4 Å². The van der Waals surface area contributed by atoms with E-state index in [9.17, 15) is 4.79 Å². The molecule has 0 radical (unpaired) electrons. The lowest BCUT2D eigenvalue weighted by molar-refractivity contribution is 0.00876. The van der Waals surface area contributed by atoms with Gasteiger partial charge in [-0.1, -0.05) is 31.2 Å². The van der Waals surface area contributed by atoms with Crippen molar-refractivity contribution in [3.63, 3.8) is 0 Å². The Kier molecular flexibility index (Phi) is 5.84. The molecule has 0 saturated heterocycles. The molecule has 32 heavy (non-hydrogen) atoms. The maximum absolute atomic E-state index is 12.8. The summed E-state index contributed by atoms with van der Waals surface area (Å²) in [6.07, 6.45) is 0.530. The van der Waals surface area contributed by atoms with Crippen molar-refractivity contribution < 1.29 is 14.3 Å². The molecule has 7 heteroatoms. The molecule has 1 aromatic heterocycles. The Hall–Kier alpha value is -3.09. The Balaban J connectivity index is 1.50. The Morgan fingerprint density at radius 2 is 1.97 bits per heavy atom. The molecule has 2 heterocycles. The van der Waals surface area contributed by atoms with Crippen LogP contribution >= 0.6 is 0 Å². The molecular formula is C25H32N4O3. The van der Waals surface area contributed by atoms with E-state index in [1.165, 1.54) is 11.1 Å². The van der Waals surface area contributed by atoms with E-state index in [2.05, 4.69) is 36.3 Å². The van der Waals surface area contributed by atoms with Crippen molar-refractivity contribution in [3.05, 3.63) is 53.1 Å². The number of aromatic nitrogens is 3. The normalized spacial score (nSPS) is 16.3. The third kappa shape index (κ3) is 4.56. The van der Waals surface area contributed by atoms with Gasteiger partial charge in [0.25, 0.3) is 0 Å². The average molecular weight is 437 g/mol. The minimum absolute atomic E-state index is 0.0123. The first-order valence-corrected chi connectivity index (χ1v) is 11.2. The fourth-order valence-electron chi connectivity index (χ4n) is 4.31. The lowest BCUT2D eigenvalue weighted by Crippen LogP contribution is -2.44. The molecule has 1 aliphatic rings. The second kappa shape index (κ2) is 8.45. The highest BCUT2D eigenvalue weighted by Crippen LogP contribution is 2.37. The maximum atomic E-state index is 12.8. The molecule has 0 saturated carbocycles. The zero-order valence-corrected chi connectivity index (χ0v) is 19.8. The summed E-state index contributed by atoms with van der Waals surface area (Å²) in [7, 11) is 1.88. The largest absolute Gasteiger partial charge is 0.489 e. The second-order valence-electron chi connectivity index (χ2n) is 9.80. The molecule has 0 fully saturated rings. The van der Waals surface area contributed by atoms with Gasteiger partial charge in [0.15, 0.2) is 0 Å². The van der Waals surface area contributed by atoms with Crippen LogP contribution in [0.5, 0.6) is 5.75 Å². The van der Waals surface area contributed by atoms with E-state index in [-0.39, 0.29) is 18.1 Å². The molecule has 2 aromatic carbocycles. The summed E-state index contributed by atoms with van der Waals surface area (Å²) < 4.78 is 13.5. The van der Waals surface area contributed by atoms with Crippen LogP contribution in [-0.4, -0.2) is 38.1 Å². The molecule has 0 N–H and O–H groups in total. The summed E-state index contributed by atoms with van der Waals surface area (Å²) in [5.41, 5.74) is 4.80. The topological polar surface area (TPSA) is 69.5 Å². The summed E-state index contributed by atoms with van der Waals surface area (Å²) in [4.78, 5) is 14.7. The molecule has 1 atom stereocenters. The van der Waals surface area contributed by atoms with Gasteiger partial charge in [0.2, 0.25) is 0 Å². The predicted octanol–water partition coefficient (Wildman–Crippen LogP) is 5.04. The van der Waals surface area contributed by atoms with Crippen molar-refractivity contribution in [1.29, 1.82) is 0 Å². The van der Waals surface area contributed by atoms with Crippen LogP contribution in [0.2, 0.25) is 0 Å². The van der Waals surface area contributed by atoms with Crippen molar-refractivity contribution in [3.8, 4) is 5.75 Å². The smallest absolute Gasteiger partial charge is 0.410 e. The van der Waals surface area contributed by atoms with E-state index < -0.39 is 5.60 Å². The third-order valence-electron chi connectivity index (χ3n) is 5.73. The van der Waals surface area contributed by atoms with Gasteiger partial charge in [-0.3, -0.25) is 0 Å². The van der Waals surface area contributed by atoms with Crippen LogP contribution in [0.4, 0.5) is 4.79 Å². The van der Waals surface area contributed by atoms with Gasteiger partial charge < -0.3 is 14.4 Å². The van der Waals surface area contributed by atoms with Gasteiger partial charge >= 0.3 is 6.09 Å². The molecule has 0 unspecified atom stereocenters. The minimum Gasteiger partial charge on any atom is -0.489 e. The van der Waals surface area contributed by atoms with Crippen LogP contribution in [0.25, 0.3) is 11.0 Å². The Morgan fingerprint density at radius 3 is 2.69 bits per heavy atom. The number of amides is 1. The highest BCUT2D eigenvalue weighted by molar-refractivity contribution is 5.74. The van der Waals surface area contributed by atoms with Crippen molar-refractivity contribution in [2.45, 2.75) is 59.3 Å². The number of aryl methyl sites for hydroxylation is 1. The lowest BCUT2D eigenvalue weighted by atomic mass is 9.86. The zero-order chi connectivity index (χ0) is 23.0. The quantitative estimate of drug-likeness (QED) is 0.573. The van der Waals surface area contributed by atoms with Crippen LogP contribution in [0.15, 0.2) is 36.4 Å². The van der Waals surface area contributed by atoms with Gasteiger partial charge in [-0.15, -0.1) is 5.10 Å². The first kappa shape index (κ1) is 22.1. The standard InChI is InChI=1S/C25H32N4O3/c1-16(2)23-20-9-8-19(14-18(20)11-12-29(23)24(30)32-25(3,4)5)31-15-17-7-10-22-21(13-17)26-27-28(22)6/h7-10,13-14,16,23H,11-12,15H2,1-6H3/t23-/m0/s1. The van der Waals surface area contributed by atoms with Crippen LogP contribution < -0.4 is 4.74 Å². The van der Waals surface area contributed by atoms with E-state index in [0.29, 0.717) is 13.2 Å². The molecule has 1 amide bonds. The van der Waals surface area contributed by atoms with Gasteiger partial charge in [-0.2, -0.15) is 0 Å². The van der Waals surface area contributed by atoms with E-state index in [0.717, 1.165) is 28.8 Å². The number of benzene rings is 2. The summed E-state index contributed by atoms with van der Waals surface area (Å²) >= 11 is 0. The molecular weight excluding hydrogens is 404 g/mol. The van der Waals surface area contributed by atoms with Crippen molar-refractivity contribution in [2.24, 2.45) is 13.0 Å². The number of carbonyl (C=O) groups excluding carboxylic acids is 1. The highest BCUT2D eigenvalue weighted by Gasteiger charge is 2.35. The average Bonchev–Trinajstić information content (AvgIpc) is 3.10. The Bertz CT molecular complexity index is 1130. The summed E-state index contributed by atoms with van der Waals surface area (Å²) in [5.74, 6) is 1.10. The van der Waals surface area contributed by atoms with Crippen molar-refractivity contribution in [1.82, 2.24) is 19.9 Å². The maximum Gasteiger partial charge on any atom is 0.410 e. The van der Waals surface area contributed by atoms with Gasteiger partial charge in [0.05, 0.1) is 11.6 Å². The molecule has 7 nitrogen and oxygen atoms in total. The first-order chi connectivity index (χ1) is 15.1. The fourth-order valence-corrected chi connectivity index (χ4v) is 4.31. The number of ether oxygens (including phenoxy) is 2. The number of carbonyl (C=O) groups is 1. The number of hydrogen-bond donors (Lipinski definition) is 0. The predicted molar refractivity (Wildman–Crippen MR) is 124 cm³/mol. The molecule has 1 aliphatic heterocycles. The highest BCUT2D eigenvalue weighted by atomic mass is 16.6. The summed E-state index contributed by atoms with van der Waals surface area (Å²) in [6, 6.07) is 12.2. The summed E-state index contributed by atoms with van der Waals surface area (Å²) in [5, 5.41) is 8.23. The number of nitrogens with zero attached hydrogens (tertiary/aromatic N) is 4. The fraction of sp³-hybridized carbons (Fsp3) is 0.480. The number of fused-ring (bicyclic) bond motifs is 2. The Labute approximate surface area is 189 Å². The van der Waals surface area contributed by atoms with E-state index in [1.807, 2.05) is 57.0 Å². The summed E-state index contributed by atoms with van der Waals surface area (Å²) in [6.45, 7) is 11.1. The van der Waals surface area contributed by atoms with Crippen molar-refractivity contribution >= 4 is 17.1 Å². The SMILES string of the molecule is CC(C)[C@H]1c2ccc(OCc3ccc4c(c3)nnn4C)cc2CCN1C(=O)OC(C)(C)C.